The van der Waals surface area contributed by atoms with E-state index in [1.165, 1.54) is 102 Å². The number of hydrogen-bond donors (Lipinski definition) is 0. The van der Waals surface area contributed by atoms with Crippen molar-refractivity contribution in [3.05, 3.63) is 35.4 Å². The van der Waals surface area contributed by atoms with E-state index >= 15 is 0 Å². The lowest BCUT2D eigenvalue weighted by atomic mass is 10.0. The van der Waals surface area contributed by atoms with Gasteiger partial charge >= 0.3 is 12.1 Å². The van der Waals surface area contributed by atoms with Crippen LogP contribution >= 0.6 is 0 Å². The molecule has 0 aliphatic rings. The molecule has 0 heterocycles. The highest BCUT2D eigenvalue weighted by molar-refractivity contribution is 5.88. The molecule has 0 N–H and O–H groups in total. The molecule has 1 aromatic carbocycles. The molecule has 212 valence electrons. The van der Waals surface area contributed by atoms with E-state index in [1.54, 1.807) is 12.1 Å². The van der Waals surface area contributed by atoms with E-state index < -0.39 is 12.1 Å². The molecule has 0 saturated heterocycles. The Balaban J connectivity index is 1.88. The fourth-order valence-corrected chi connectivity index (χ4v) is 4.34. The Kier molecular flexibility index (Phi) is 21.6. The minimum absolute atomic E-state index is 0.258. The molecule has 0 bridgehead atoms. The topological polar surface area (TPSA) is 71.1 Å². The third-order valence-electron chi connectivity index (χ3n) is 6.69. The van der Waals surface area contributed by atoms with Gasteiger partial charge in [0.25, 0.3) is 0 Å². The van der Waals surface area contributed by atoms with Crippen LogP contribution in [0.4, 0.5) is 4.79 Å². The van der Waals surface area contributed by atoms with Crippen molar-refractivity contribution < 1.29 is 29.1 Å². The quantitative estimate of drug-likeness (QED) is 0.0584. The summed E-state index contributed by atoms with van der Waals surface area (Å²) >= 11 is 0. The lowest BCUT2D eigenvalue weighted by Gasteiger charge is -2.05. The molecular weight excluding hydrogens is 468 g/mol. The molecule has 6 heteroatoms. The van der Waals surface area contributed by atoms with Crippen molar-refractivity contribution in [3.8, 4) is 0 Å². The predicted octanol–water partition coefficient (Wildman–Crippen LogP) is 9.84. The monoisotopic (exact) mass is 520 g/mol. The Morgan fingerprint density at radius 2 is 1.03 bits per heavy atom. The molecule has 1 aromatic rings. The molecule has 0 aliphatic carbocycles. The van der Waals surface area contributed by atoms with Gasteiger partial charge in [-0.15, -0.1) is 0 Å². The van der Waals surface area contributed by atoms with Crippen molar-refractivity contribution in [2.45, 2.75) is 142 Å². The minimum atomic E-state index is -1.01. The molecule has 0 fully saturated rings. The highest BCUT2D eigenvalue weighted by Crippen LogP contribution is 2.14. The van der Waals surface area contributed by atoms with E-state index in [2.05, 4.69) is 28.7 Å². The van der Waals surface area contributed by atoms with Gasteiger partial charge < -0.3 is 4.74 Å². The maximum atomic E-state index is 11.9. The third kappa shape index (κ3) is 19.7. The summed E-state index contributed by atoms with van der Waals surface area (Å²) in [5, 5.41) is 4.28. The SMILES string of the molecule is CCCCCCCCCCCCCCCCCCOC(=O)OOOC(=O)c1ccc(CCCCC)cc1. The number of rotatable bonds is 24. The fourth-order valence-electron chi connectivity index (χ4n) is 4.34. The molecule has 0 aromatic heterocycles. The summed E-state index contributed by atoms with van der Waals surface area (Å²) in [6.07, 6.45) is 24.1. The van der Waals surface area contributed by atoms with Crippen LogP contribution in [0.5, 0.6) is 0 Å². The Morgan fingerprint density at radius 3 is 1.54 bits per heavy atom. The highest BCUT2D eigenvalue weighted by atomic mass is 17.5. The maximum absolute atomic E-state index is 11.9. The second-order valence-electron chi connectivity index (χ2n) is 10.1. The van der Waals surface area contributed by atoms with Crippen molar-refractivity contribution >= 4 is 12.1 Å². The van der Waals surface area contributed by atoms with Crippen LogP contribution in [-0.2, 0) is 26.0 Å². The van der Waals surface area contributed by atoms with Crippen LogP contribution in [0.3, 0.4) is 0 Å². The standard InChI is InChI=1S/C31H52O6/c1-3-5-7-8-9-10-11-12-13-14-15-16-17-18-19-21-27-34-31(33)36-37-35-30(32)29-25-23-28(24-26-29)22-20-6-4-2/h23-26H,3-22,27H2,1-2H3. The van der Waals surface area contributed by atoms with Crippen LogP contribution in [0.25, 0.3) is 0 Å². The molecule has 1 rings (SSSR count). The van der Waals surface area contributed by atoms with E-state index in [-0.39, 0.29) is 6.61 Å². The average Bonchev–Trinajstić information content (AvgIpc) is 2.91. The number of hydrogen-bond acceptors (Lipinski definition) is 6. The number of carbonyl (C=O) groups excluding carboxylic acids is 2. The zero-order chi connectivity index (χ0) is 26.8. The van der Waals surface area contributed by atoms with E-state index in [4.69, 9.17) is 4.74 Å². The Bertz CT molecular complexity index is 673. The molecule has 37 heavy (non-hydrogen) atoms. The van der Waals surface area contributed by atoms with Crippen LogP contribution in [0.1, 0.15) is 152 Å². The Labute approximate surface area is 225 Å². The van der Waals surface area contributed by atoms with Gasteiger partial charge in [-0.1, -0.05) is 135 Å². The second-order valence-corrected chi connectivity index (χ2v) is 10.1. The number of ether oxygens (including phenoxy) is 1. The predicted molar refractivity (Wildman–Crippen MR) is 148 cm³/mol. The Hall–Kier alpha value is -2.08. The van der Waals surface area contributed by atoms with Gasteiger partial charge in [-0.3, -0.25) is 4.89 Å². The van der Waals surface area contributed by atoms with Gasteiger partial charge in [0, 0.05) is 0 Å². The van der Waals surface area contributed by atoms with E-state index in [1.807, 2.05) is 12.1 Å². The zero-order valence-electron chi connectivity index (χ0n) is 23.6. The van der Waals surface area contributed by atoms with Crippen molar-refractivity contribution in [1.29, 1.82) is 0 Å². The fraction of sp³-hybridized carbons (Fsp3) is 0.742. The molecule has 6 nitrogen and oxygen atoms in total. The second kappa shape index (κ2) is 24.3. The van der Waals surface area contributed by atoms with Gasteiger partial charge in [0.05, 0.1) is 17.2 Å². The first-order valence-electron chi connectivity index (χ1n) is 15.0. The van der Waals surface area contributed by atoms with Crippen LogP contribution in [0, 0.1) is 0 Å². The van der Waals surface area contributed by atoms with Crippen molar-refractivity contribution in [2.75, 3.05) is 6.61 Å². The van der Waals surface area contributed by atoms with Crippen LogP contribution in [0.2, 0.25) is 0 Å². The van der Waals surface area contributed by atoms with Crippen molar-refractivity contribution in [2.24, 2.45) is 0 Å². The molecule has 0 atom stereocenters. The zero-order valence-corrected chi connectivity index (χ0v) is 23.6. The molecule has 0 spiro atoms. The first-order valence-corrected chi connectivity index (χ1v) is 15.0. The summed E-state index contributed by atoms with van der Waals surface area (Å²) in [5.41, 5.74) is 1.49. The van der Waals surface area contributed by atoms with E-state index in [0.29, 0.717) is 5.56 Å². The molecule has 0 saturated carbocycles. The highest BCUT2D eigenvalue weighted by Gasteiger charge is 2.12. The normalized spacial score (nSPS) is 10.9. The molecule has 0 amide bonds. The van der Waals surface area contributed by atoms with Crippen LogP contribution in [0.15, 0.2) is 24.3 Å². The van der Waals surface area contributed by atoms with Crippen molar-refractivity contribution in [1.82, 2.24) is 0 Å². The van der Waals surface area contributed by atoms with Gasteiger partial charge in [-0.25, -0.2) is 14.5 Å². The first-order chi connectivity index (χ1) is 18.2. The van der Waals surface area contributed by atoms with Gasteiger partial charge in [-0.05, 0) is 37.0 Å². The molecular formula is C31H52O6. The lowest BCUT2D eigenvalue weighted by molar-refractivity contribution is -0.452. The summed E-state index contributed by atoms with van der Waals surface area (Å²) in [5.74, 6) is -0.731. The number of aryl methyl sites for hydroxylation is 1. The average molecular weight is 521 g/mol. The summed E-state index contributed by atoms with van der Waals surface area (Å²) in [6.45, 7) is 4.69. The number of carbonyl (C=O) groups is 2. The summed E-state index contributed by atoms with van der Waals surface area (Å²) < 4.78 is 4.93. The number of benzene rings is 1. The maximum Gasteiger partial charge on any atom is 0.543 e. The van der Waals surface area contributed by atoms with Gasteiger partial charge in [0.1, 0.15) is 0 Å². The van der Waals surface area contributed by atoms with E-state index in [0.717, 1.165) is 32.1 Å². The smallest absolute Gasteiger partial charge is 0.432 e. The van der Waals surface area contributed by atoms with Gasteiger partial charge in [0.15, 0.2) is 0 Å². The minimum Gasteiger partial charge on any atom is -0.432 e. The first kappa shape index (κ1) is 32.9. The Morgan fingerprint density at radius 1 is 0.568 bits per heavy atom. The van der Waals surface area contributed by atoms with Gasteiger partial charge in [-0.2, -0.15) is 0 Å². The van der Waals surface area contributed by atoms with Crippen molar-refractivity contribution in [3.63, 3.8) is 0 Å². The molecule has 0 unspecified atom stereocenters. The number of unbranched alkanes of at least 4 members (excludes halogenated alkanes) is 17. The largest absolute Gasteiger partial charge is 0.543 e. The molecule has 0 aliphatic heterocycles. The summed E-state index contributed by atoms with van der Waals surface area (Å²) in [6, 6.07) is 7.12. The lowest BCUT2D eigenvalue weighted by Crippen LogP contribution is -2.12. The summed E-state index contributed by atoms with van der Waals surface area (Å²) in [7, 11) is 0. The van der Waals surface area contributed by atoms with Gasteiger partial charge in [0.2, 0.25) is 0 Å². The third-order valence-corrected chi connectivity index (χ3v) is 6.69. The van der Waals surface area contributed by atoms with Crippen LogP contribution in [-0.4, -0.2) is 18.7 Å². The van der Waals surface area contributed by atoms with E-state index in [9.17, 15) is 9.59 Å². The summed E-state index contributed by atoms with van der Waals surface area (Å²) in [4.78, 5) is 32.3. The van der Waals surface area contributed by atoms with Crippen LogP contribution < -0.4 is 0 Å². The molecule has 0 radical (unpaired) electrons.